The van der Waals surface area contributed by atoms with Crippen molar-refractivity contribution in [2.75, 3.05) is 31.7 Å². The fourth-order valence-electron chi connectivity index (χ4n) is 1.94. The van der Waals surface area contributed by atoms with Crippen molar-refractivity contribution >= 4 is 15.8 Å². The summed E-state index contributed by atoms with van der Waals surface area (Å²) in [6, 6.07) is -0.649. The Morgan fingerprint density at radius 2 is 2.24 bits per heavy atom. The van der Waals surface area contributed by atoms with Gasteiger partial charge >= 0.3 is 5.97 Å². The molecule has 2 N–H and O–H groups in total. The lowest BCUT2D eigenvalue weighted by atomic mass is 10.2. The molecule has 1 heterocycles. The summed E-state index contributed by atoms with van der Waals surface area (Å²) in [4.78, 5) is 13.2. The fraction of sp³-hybridized carbons (Fsp3) is 0.900. The number of hydrogen-bond acceptors (Lipinski definition) is 6. The van der Waals surface area contributed by atoms with E-state index in [0.29, 0.717) is 19.5 Å². The van der Waals surface area contributed by atoms with Gasteiger partial charge in [0, 0.05) is 19.1 Å². The number of hydrogen-bond donors (Lipinski definition) is 1. The maximum Gasteiger partial charge on any atom is 0.322 e. The van der Waals surface area contributed by atoms with Gasteiger partial charge in [0.15, 0.2) is 9.84 Å². The molecule has 1 aliphatic heterocycles. The number of esters is 1. The zero-order valence-electron chi connectivity index (χ0n) is 10.3. The largest absolute Gasteiger partial charge is 0.468 e. The van der Waals surface area contributed by atoms with Crippen molar-refractivity contribution < 1.29 is 17.9 Å². The molecule has 1 aliphatic rings. The lowest BCUT2D eigenvalue weighted by Gasteiger charge is -2.33. The van der Waals surface area contributed by atoms with Gasteiger partial charge in [-0.3, -0.25) is 9.69 Å². The predicted octanol–water partition coefficient (Wildman–Crippen LogP) is -1.00. The van der Waals surface area contributed by atoms with Crippen LogP contribution >= 0.6 is 0 Å². The summed E-state index contributed by atoms with van der Waals surface area (Å²) < 4.78 is 27.3. The molecule has 0 aromatic carbocycles. The second-order valence-electron chi connectivity index (χ2n) is 4.42. The monoisotopic (exact) mass is 264 g/mol. The van der Waals surface area contributed by atoms with Gasteiger partial charge in [0.1, 0.15) is 6.04 Å². The number of carbonyl (C=O) groups is 1. The molecule has 0 amide bonds. The second-order valence-corrected chi connectivity index (χ2v) is 6.65. The Labute approximate surface area is 102 Å². The molecule has 7 heteroatoms. The summed E-state index contributed by atoms with van der Waals surface area (Å²) in [5.41, 5.74) is 5.62. The van der Waals surface area contributed by atoms with Crippen molar-refractivity contribution in [3.05, 3.63) is 0 Å². The molecule has 0 bridgehead atoms. The number of carbonyl (C=O) groups excluding carboxylic acids is 1. The molecule has 6 nitrogen and oxygen atoms in total. The van der Waals surface area contributed by atoms with Gasteiger partial charge in [-0.05, 0) is 13.3 Å². The zero-order valence-corrected chi connectivity index (χ0v) is 11.1. The smallest absolute Gasteiger partial charge is 0.322 e. The third kappa shape index (κ3) is 4.25. The number of nitrogens with zero attached hydrogens (tertiary/aromatic N) is 1. The molecule has 0 radical (unpaired) electrons. The number of nitrogens with two attached hydrogens (primary N) is 1. The summed E-state index contributed by atoms with van der Waals surface area (Å²) in [5, 5.41) is 0. The first-order valence-electron chi connectivity index (χ1n) is 5.63. The lowest BCUT2D eigenvalue weighted by Crippen LogP contribution is -2.48. The van der Waals surface area contributed by atoms with Gasteiger partial charge in [-0.15, -0.1) is 0 Å². The minimum atomic E-state index is -2.89. The third-order valence-electron chi connectivity index (χ3n) is 3.04. The molecular weight excluding hydrogens is 244 g/mol. The highest BCUT2D eigenvalue weighted by atomic mass is 32.2. The van der Waals surface area contributed by atoms with Crippen LogP contribution in [0.4, 0.5) is 0 Å². The van der Waals surface area contributed by atoms with E-state index in [-0.39, 0.29) is 17.5 Å². The van der Waals surface area contributed by atoms with Crippen molar-refractivity contribution in [1.82, 2.24) is 4.90 Å². The van der Waals surface area contributed by atoms with Crippen LogP contribution in [0.2, 0.25) is 0 Å². The number of methoxy groups -OCH3 is 1. The van der Waals surface area contributed by atoms with E-state index in [4.69, 9.17) is 5.73 Å². The van der Waals surface area contributed by atoms with Crippen LogP contribution in [-0.2, 0) is 19.4 Å². The maximum absolute atomic E-state index is 11.4. The molecule has 17 heavy (non-hydrogen) atoms. The van der Waals surface area contributed by atoms with Gasteiger partial charge in [-0.1, -0.05) is 0 Å². The van der Waals surface area contributed by atoms with Crippen LogP contribution in [0.3, 0.4) is 0 Å². The highest BCUT2D eigenvalue weighted by Crippen LogP contribution is 2.12. The van der Waals surface area contributed by atoms with Gasteiger partial charge in [0.2, 0.25) is 0 Å². The molecule has 0 aromatic heterocycles. The summed E-state index contributed by atoms with van der Waals surface area (Å²) in [6.45, 7) is 3.00. The zero-order chi connectivity index (χ0) is 13.1. The van der Waals surface area contributed by atoms with Gasteiger partial charge in [0.25, 0.3) is 0 Å². The molecular formula is C10H20N2O4S. The minimum Gasteiger partial charge on any atom is -0.468 e. The minimum absolute atomic E-state index is 0.0152. The molecule has 2 atom stereocenters. The van der Waals surface area contributed by atoms with E-state index in [9.17, 15) is 13.2 Å². The van der Waals surface area contributed by atoms with E-state index in [0.717, 1.165) is 0 Å². The number of ether oxygens (including phenoxy) is 1. The van der Waals surface area contributed by atoms with Crippen LogP contribution in [0.5, 0.6) is 0 Å². The average Bonchev–Trinajstić information content (AvgIpc) is 2.25. The summed E-state index contributed by atoms with van der Waals surface area (Å²) in [7, 11) is -1.59. The SMILES string of the molecule is COC(=O)C(N)CCN1CCS(=O)(=O)CC1C. The Hall–Kier alpha value is -0.660. The predicted molar refractivity (Wildman–Crippen MR) is 64.3 cm³/mol. The standard InChI is InChI=1S/C10H20N2O4S/c1-8-7-17(14,15)6-5-12(8)4-3-9(11)10(13)16-2/h8-9H,3-7,11H2,1-2H3. The Kier molecular flexibility index (Phi) is 4.91. The van der Waals surface area contributed by atoms with Crippen molar-refractivity contribution in [1.29, 1.82) is 0 Å². The summed E-state index contributed by atoms with van der Waals surface area (Å²) >= 11 is 0. The van der Waals surface area contributed by atoms with E-state index in [1.807, 2.05) is 11.8 Å². The first kappa shape index (κ1) is 14.4. The van der Waals surface area contributed by atoms with Gasteiger partial charge < -0.3 is 10.5 Å². The first-order valence-corrected chi connectivity index (χ1v) is 7.46. The van der Waals surface area contributed by atoms with Crippen molar-refractivity contribution in [3.8, 4) is 0 Å². The van der Waals surface area contributed by atoms with E-state index >= 15 is 0 Å². The van der Waals surface area contributed by atoms with E-state index in [1.54, 1.807) is 0 Å². The second kappa shape index (κ2) is 5.79. The molecule has 2 unspecified atom stereocenters. The summed E-state index contributed by atoms with van der Waals surface area (Å²) in [6.07, 6.45) is 0.483. The third-order valence-corrected chi connectivity index (χ3v) is 4.83. The van der Waals surface area contributed by atoms with Crippen LogP contribution < -0.4 is 5.73 Å². The van der Waals surface area contributed by atoms with Crippen LogP contribution in [0.1, 0.15) is 13.3 Å². The van der Waals surface area contributed by atoms with Gasteiger partial charge in [0.05, 0.1) is 18.6 Å². The van der Waals surface area contributed by atoms with Crippen LogP contribution in [-0.4, -0.2) is 63.1 Å². The van der Waals surface area contributed by atoms with Crippen LogP contribution in [0, 0.1) is 0 Å². The average molecular weight is 264 g/mol. The Morgan fingerprint density at radius 3 is 2.76 bits per heavy atom. The van der Waals surface area contributed by atoms with Gasteiger partial charge in [-0.2, -0.15) is 0 Å². The quantitative estimate of drug-likeness (QED) is 0.655. The van der Waals surface area contributed by atoms with Crippen molar-refractivity contribution in [2.24, 2.45) is 5.73 Å². The topological polar surface area (TPSA) is 89.7 Å². The van der Waals surface area contributed by atoms with Crippen LogP contribution in [0.25, 0.3) is 0 Å². The maximum atomic E-state index is 11.4. The molecule has 1 fully saturated rings. The number of rotatable bonds is 4. The van der Waals surface area contributed by atoms with E-state index in [1.165, 1.54) is 7.11 Å². The first-order chi connectivity index (χ1) is 7.85. The summed E-state index contributed by atoms with van der Waals surface area (Å²) in [5.74, 6) is -0.0621. The lowest BCUT2D eigenvalue weighted by molar-refractivity contribution is -0.142. The highest BCUT2D eigenvalue weighted by Gasteiger charge is 2.28. The van der Waals surface area contributed by atoms with Crippen molar-refractivity contribution in [3.63, 3.8) is 0 Å². The number of sulfone groups is 1. The van der Waals surface area contributed by atoms with E-state index < -0.39 is 21.8 Å². The van der Waals surface area contributed by atoms with Crippen LogP contribution in [0.15, 0.2) is 0 Å². The van der Waals surface area contributed by atoms with Crippen molar-refractivity contribution in [2.45, 2.75) is 25.4 Å². The normalized spacial score (nSPS) is 26.4. The Balaban J connectivity index is 2.41. The molecule has 100 valence electrons. The molecule has 0 aliphatic carbocycles. The molecule has 1 saturated heterocycles. The van der Waals surface area contributed by atoms with Gasteiger partial charge in [-0.25, -0.2) is 8.42 Å². The Morgan fingerprint density at radius 1 is 1.59 bits per heavy atom. The van der Waals surface area contributed by atoms with E-state index in [2.05, 4.69) is 4.74 Å². The molecule has 1 rings (SSSR count). The Bertz CT molecular complexity index is 369. The highest BCUT2D eigenvalue weighted by molar-refractivity contribution is 7.91. The fourth-order valence-corrected chi connectivity index (χ4v) is 3.56. The molecule has 0 saturated carbocycles. The molecule has 0 spiro atoms. The molecule has 0 aromatic rings.